The van der Waals surface area contributed by atoms with E-state index in [1.807, 2.05) is 20.8 Å². The Kier molecular flexibility index (Phi) is 4.48. The third kappa shape index (κ3) is 4.20. The maximum Gasteiger partial charge on any atom is 0.339 e. The second-order valence-corrected chi connectivity index (χ2v) is 5.30. The van der Waals surface area contributed by atoms with Crippen molar-refractivity contribution in [3.8, 4) is 0 Å². The summed E-state index contributed by atoms with van der Waals surface area (Å²) >= 11 is 0. The van der Waals surface area contributed by atoms with Crippen molar-refractivity contribution in [2.24, 2.45) is 5.41 Å². The number of hydrogen-bond donors (Lipinski definition) is 1. The maximum absolute atomic E-state index is 11.8. The van der Waals surface area contributed by atoms with Crippen LogP contribution in [0.15, 0.2) is 24.3 Å². The van der Waals surface area contributed by atoms with E-state index in [-0.39, 0.29) is 23.1 Å². The lowest BCUT2D eigenvalue weighted by atomic mass is 9.93. The Morgan fingerprint density at radius 3 is 2.22 bits per heavy atom. The van der Waals surface area contributed by atoms with E-state index in [2.05, 4.69) is 0 Å². The van der Waals surface area contributed by atoms with Crippen LogP contribution in [0, 0.1) is 5.41 Å². The van der Waals surface area contributed by atoms with E-state index in [0.717, 1.165) is 6.42 Å². The summed E-state index contributed by atoms with van der Waals surface area (Å²) in [6.07, 6.45) is 0.730. The number of hydrogen-bond acceptors (Lipinski definition) is 3. The van der Waals surface area contributed by atoms with Crippen molar-refractivity contribution in [3.63, 3.8) is 0 Å². The quantitative estimate of drug-likeness (QED) is 0.834. The zero-order valence-corrected chi connectivity index (χ0v) is 10.9. The van der Waals surface area contributed by atoms with E-state index in [0.29, 0.717) is 0 Å². The van der Waals surface area contributed by atoms with Crippen LogP contribution in [0.3, 0.4) is 0 Å². The highest BCUT2D eigenvalue weighted by atomic mass is 16.5. The van der Waals surface area contributed by atoms with Crippen LogP contribution in [0.2, 0.25) is 0 Å². The molecular formula is C14H18O4. The van der Waals surface area contributed by atoms with Gasteiger partial charge in [-0.15, -0.1) is 0 Å². The molecule has 1 aromatic rings. The SMILES string of the molecule is CC(C)(C)CCOC(=O)c1ccccc1C(=O)O. The average molecular weight is 250 g/mol. The molecule has 0 aliphatic carbocycles. The summed E-state index contributed by atoms with van der Waals surface area (Å²) in [6, 6.07) is 6.05. The van der Waals surface area contributed by atoms with E-state index in [9.17, 15) is 9.59 Å². The van der Waals surface area contributed by atoms with Gasteiger partial charge < -0.3 is 9.84 Å². The number of carboxylic acids is 1. The zero-order valence-electron chi connectivity index (χ0n) is 10.9. The minimum absolute atomic E-state index is 0.0294. The number of carboxylic acid groups (broad SMARTS) is 1. The van der Waals surface area contributed by atoms with E-state index < -0.39 is 11.9 Å². The summed E-state index contributed by atoms with van der Waals surface area (Å²) in [7, 11) is 0. The largest absolute Gasteiger partial charge is 0.478 e. The molecule has 0 aliphatic rings. The van der Waals surface area contributed by atoms with Gasteiger partial charge in [0.15, 0.2) is 0 Å². The molecule has 0 fully saturated rings. The summed E-state index contributed by atoms with van der Waals surface area (Å²) < 4.78 is 5.09. The van der Waals surface area contributed by atoms with E-state index >= 15 is 0 Å². The number of aromatic carboxylic acids is 1. The smallest absolute Gasteiger partial charge is 0.339 e. The number of benzene rings is 1. The lowest BCUT2D eigenvalue weighted by Crippen LogP contribution is -2.15. The Morgan fingerprint density at radius 1 is 1.17 bits per heavy atom. The molecule has 1 aromatic carbocycles. The molecule has 0 aromatic heterocycles. The Labute approximate surface area is 107 Å². The molecule has 0 saturated heterocycles. The molecule has 0 atom stereocenters. The molecule has 0 aliphatic heterocycles. The summed E-state index contributed by atoms with van der Waals surface area (Å²) in [5, 5.41) is 8.96. The van der Waals surface area contributed by atoms with Crippen molar-refractivity contribution in [2.75, 3.05) is 6.61 Å². The standard InChI is InChI=1S/C14H18O4/c1-14(2,3)8-9-18-13(17)11-7-5-4-6-10(11)12(15)16/h4-7H,8-9H2,1-3H3,(H,15,16). The highest BCUT2D eigenvalue weighted by Gasteiger charge is 2.18. The molecule has 0 spiro atoms. The second kappa shape index (κ2) is 5.67. The number of ether oxygens (including phenoxy) is 1. The van der Waals surface area contributed by atoms with Gasteiger partial charge in [-0.25, -0.2) is 9.59 Å². The number of carbonyl (C=O) groups excluding carboxylic acids is 1. The number of rotatable bonds is 4. The fourth-order valence-corrected chi connectivity index (χ4v) is 1.38. The van der Waals surface area contributed by atoms with Crippen molar-refractivity contribution < 1.29 is 19.4 Å². The first kappa shape index (κ1) is 14.2. The molecule has 18 heavy (non-hydrogen) atoms. The third-order valence-electron chi connectivity index (χ3n) is 2.46. The van der Waals surface area contributed by atoms with Gasteiger partial charge >= 0.3 is 11.9 Å². The highest BCUT2D eigenvalue weighted by Crippen LogP contribution is 2.18. The Balaban J connectivity index is 2.70. The van der Waals surface area contributed by atoms with Gasteiger partial charge in [-0.3, -0.25) is 0 Å². The van der Waals surface area contributed by atoms with Gasteiger partial charge in [0.1, 0.15) is 0 Å². The van der Waals surface area contributed by atoms with Gasteiger partial charge in [-0.2, -0.15) is 0 Å². The van der Waals surface area contributed by atoms with Crippen LogP contribution in [0.5, 0.6) is 0 Å². The summed E-state index contributed by atoms with van der Waals surface area (Å²) in [5.41, 5.74) is 0.143. The Morgan fingerprint density at radius 2 is 1.72 bits per heavy atom. The molecule has 0 heterocycles. The van der Waals surface area contributed by atoms with Crippen LogP contribution < -0.4 is 0 Å². The first-order valence-electron chi connectivity index (χ1n) is 5.81. The van der Waals surface area contributed by atoms with Crippen molar-refractivity contribution in [1.82, 2.24) is 0 Å². The Bertz CT molecular complexity index is 443. The fourth-order valence-electron chi connectivity index (χ4n) is 1.38. The van der Waals surface area contributed by atoms with Crippen LogP contribution in [-0.2, 0) is 4.74 Å². The van der Waals surface area contributed by atoms with Crippen LogP contribution in [0.4, 0.5) is 0 Å². The molecule has 1 N–H and O–H groups in total. The molecule has 0 saturated carbocycles. The van der Waals surface area contributed by atoms with Crippen molar-refractivity contribution >= 4 is 11.9 Å². The lowest BCUT2D eigenvalue weighted by Gasteiger charge is -2.17. The van der Waals surface area contributed by atoms with Crippen LogP contribution in [0.25, 0.3) is 0 Å². The van der Waals surface area contributed by atoms with Crippen molar-refractivity contribution in [1.29, 1.82) is 0 Å². The minimum Gasteiger partial charge on any atom is -0.478 e. The summed E-state index contributed by atoms with van der Waals surface area (Å²) in [4.78, 5) is 22.7. The topological polar surface area (TPSA) is 63.6 Å². The molecule has 4 nitrogen and oxygen atoms in total. The molecule has 98 valence electrons. The van der Waals surface area contributed by atoms with E-state index in [1.54, 1.807) is 12.1 Å². The monoisotopic (exact) mass is 250 g/mol. The molecule has 0 amide bonds. The predicted molar refractivity (Wildman–Crippen MR) is 67.8 cm³/mol. The fraction of sp³-hybridized carbons (Fsp3) is 0.429. The second-order valence-electron chi connectivity index (χ2n) is 5.30. The first-order valence-corrected chi connectivity index (χ1v) is 5.81. The summed E-state index contributed by atoms with van der Waals surface area (Å²) in [6.45, 7) is 6.43. The van der Waals surface area contributed by atoms with E-state index in [1.165, 1.54) is 12.1 Å². The molecule has 0 unspecified atom stereocenters. The number of carbonyl (C=O) groups is 2. The van der Waals surface area contributed by atoms with Gasteiger partial charge in [0.2, 0.25) is 0 Å². The predicted octanol–water partition coefficient (Wildman–Crippen LogP) is 2.98. The molecular weight excluding hydrogens is 232 g/mol. The van der Waals surface area contributed by atoms with Crippen molar-refractivity contribution in [2.45, 2.75) is 27.2 Å². The van der Waals surface area contributed by atoms with Crippen molar-refractivity contribution in [3.05, 3.63) is 35.4 Å². The number of esters is 1. The van der Waals surface area contributed by atoms with E-state index in [4.69, 9.17) is 9.84 Å². The Hall–Kier alpha value is -1.84. The highest BCUT2D eigenvalue weighted by molar-refractivity contribution is 6.02. The van der Waals surface area contributed by atoms with Crippen LogP contribution >= 0.6 is 0 Å². The maximum atomic E-state index is 11.8. The summed E-state index contributed by atoms with van der Waals surface area (Å²) in [5.74, 6) is -1.71. The van der Waals surface area contributed by atoms with Gasteiger partial charge in [-0.05, 0) is 24.0 Å². The molecule has 0 radical (unpaired) electrons. The normalized spacial score (nSPS) is 11.1. The van der Waals surface area contributed by atoms with Gasteiger partial charge in [0, 0.05) is 0 Å². The van der Waals surface area contributed by atoms with Gasteiger partial charge in [-0.1, -0.05) is 32.9 Å². The van der Waals surface area contributed by atoms with Crippen LogP contribution in [0.1, 0.15) is 47.9 Å². The third-order valence-corrected chi connectivity index (χ3v) is 2.46. The van der Waals surface area contributed by atoms with Gasteiger partial charge in [0.05, 0.1) is 17.7 Å². The zero-order chi connectivity index (χ0) is 13.8. The average Bonchev–Trinajstić information content (AvgIpc) is 2.27. The first-order chi connectivity index (χ1) is 8.31. The molecule has 0 bridgehead atoms. The molecule has 4 heteroatoms. The van der Waals surface area contributed by atoms with Gasteiger partial charge in [0.25, 0.3) is 0 Å². The van der Waals surface area contributed by atoms with Crippen LogP contribution in [-0.4, -0.2) is 23.7 Å². The lowest BCUT2D eigenvalue weighted by molar-refractivity contribution is 0.0456. The molecule has 1 rings (SSSR count). The minimum atomic E-state index is -1.13.